The van der Waals surface area contributed by atoms with Crippen molar-refractivity contribution in [3.63, 3.8) is 0 Å². The van der Waals surface area contributed by atoms with E-state index in [0.717, 1.165) is 127 Å². The van der Waals surface area contributed by atoms with Crippen LogP contribution in [0.25, 0.3) is 111 Å². The molecule has 0 saturated carbocycles. The Hall–Kier alpha value is -7.67. The van der Waals surface area contributed by atoms with E-state index in [1.165, 1.54) is 0 Å². The number of fused-ring (bicyclic) bond motifs is 3. The Kier molecular flexibility index (Phi) is 15.6. The molecule has 3 aromatic heterocycles. The molecule has 0 unspecified atom stereocenters. The third-order valence-corrected chi connectivity index (χ3v) is 19.5. The zero-order chi connectivity index (χ0) is 61.8. The average molecular weight is 1360 g/mol. The number of benzene rings is 8. The van der Waals surface area contributed by atoms with Crippen molar-refractivity contribution < 1.29 is 48.0 Å². The SMILES string of the molecule is CC1(C)OB(c2cc[c-]c(-c3ccc(-c4ccccc4-c4cc(-c5ccccc5-c5ccc(-c6[c-]ccc(B7OC(C)(C)C(C)(C)O7)c6)nc5)cc(-c5ccccc5-c5cnc6c(ccc7c(B8OC(C)(C)C(C)(C)O8)cc[c-]c76)c5)c4)cn3)c2)OC1(C)C.[Ir+3]. The van der Waals surface area contributed by atoms with Crippen LogP contribution in [0.15, 0.2) is 201 Å². The van der Waals surface area contributed by atoms with Gasteiger partial charge in [0.2, 0.25) is 0 Å². The van der Waals surface area contributed by atoms with E-state index in [1.54, 1.807) is 0 Å². The molecule has 8 aromatic carbocycles. The molecule has 0 aliphatic carbocycles. The molecule has 0 bridgehead atoms. The van der Waals surface area contributed by atoms with Gasteiger partial charge in [-0.1, -0.05) is 121 Å². The fourth-order valence-corrected chi connectivity index (χ4v) is 12.2. The van der Waals surface area contributed by atoms with Gasteiger partial charge in [-0.25, -0.2) is 0 Å². The van der Waals surface area contributed by atoms with Crippen LogP contribution >= 0.6 is 0 Å². The van der Waals surface area contributed by atoms with Gasteiger partial charge in [0.25, 0.3) is 0 Å². The van der Waals surface area contributed by atoms with Crippen LogP contribution in [0, 0.1) is 18.2 Å². The molecule has 0 amide bonds. The van der Waals surface area contributed by atoms with Gasteiger partial charge in [-0.2, -0.15) is 0 Å². The molecule has 11 aromatic rings. The second-order valence-electron chi connectivity index (χ2n) is 26.9. The number of pyridine rings is 3. The average Bonchev–Trinajstić information content (AvgIpc) is 1.33. The molecule has 0 spiro atoms. The van der Waals surface area contributed by atoms with Gasteiger partial charge in [0.15, 0.2) is 0 Å². The molecule has 3 aliphatic heterocycles. The van der Waals surface area contributed by atoms with Crippen LogP contribution in [0.1, 0.15) is 83.1 Å². The van der Waals surface area contributed by atoms with E-state index in [1.807, 2.05) is 55.0 Å². The first-order chi connectivity index (χ1) is 42.5. The summed E-state index contributed by atoms with van der Waals surface area (Å²) in [7, 11) is -1.50. The maximum atomic E-state index is 6.55. The number of hydrogen-bond donors (Lipinski definition) is 0. The molecular weight excluding hydrogens is 1290 g/mol. The van der Waals surface area contributed by atoms with E-state index < -0.39 is 55.0 Å². The second kappa shape index (κ2) is 22.9. The molecule has 446 valence electrons. The van der Waals surface area contributed by atoms with Gasteiger partial charge in [0.05, 0.1) is 33.6 Å². The van der Waals surface area contributed by atoms with Crippen LogP contribution in [0.2, 0.25) is 0 Å². The van der Waals surface area contributed by atoms with Gasteiger partial charge in [0.1, 0.15) is 0 Å². The number of aromatic nitrogens is 3. The van der Waals surface area contributed by atoms with Crippen molar-refractivity contribution in [2.75, 3.05) is 0 Å². The molecule has 6 heterocycles. The Morgan fingerprint density at radius 3 is 1.10 bits per heavy atom. The van der Waals surface area contributed by atoms with E-state index in [9.17, 15) is 0 Å². The van der Waals surface area contributed by atoms with Crippen LogP contribution in [0.5, 0.6) is 0 Å². The first kappa shape index (κ1) is 61.2. The maximum absolute atomic E-state index is 6.55. The number of rotatable bonds is 11. The standard InChI is InChI=1S/C77H69B3N3O6.Ir/c1-72(2)73(3,4)85-78(84-72)58-24-19-22-49(44-58)69-38-35-52(46-81-69)60-26-13-15-28-62(60)54-41-55(63-29-16-14-27-61(63)53-36-39-70(82-47-53)50-23-20-25-59(45-50)79-86-74(5,6)75(7,8)87-79)43-56(42-54)64-30-17-18-31-65(64)57-40-51-34-37-66-67(71(51)83-48-57)32-21-33-68(66)80-88-76(9,10)77(11,12)89-80;/h13-21,24-31,33-48H,1-12H3;/q-3;+3. The Morgan fingerprint density at radius 1 is 0.333 bits per heavy atom. The summed E-state index contributed by atoms with van der Waals surface area (Å²) in [6.07, 6.45) is 5.93. The molecule has 13 heteroatoms. The fraction of sp³-hybridized carbons (Fsp3) is 0.234. The van der Waals surface area contributed by atoms with Crippen LogP contribution in [-0.2, 0) is 48.0 Å². The van der Waals surface area contributed by atoms with Crippen LogP contribution in [0.3, 0.4) is 0 Å². The largest absolute Gasteiger partial charge is 3.00 e. The molecule has 9 nitrogen and oxygen atoms in total. The van der Waals surface area contributed by atoms with E-state index in [0.29, 0.717) is 0 Å². The van der Waals surface area contributed by atoms with Crippen molar-refractivity contribution in [3.05, 3.63) is 219 Å². The predicted octanol–water partition coefficient (Wildman–Crippen LogP) is 15.8. The minimum Gasteiger partial charge on any atom is -0.400 e. The summed E-state index contributed by atoms with van der Waals surface area (Å²) < 4.78 is 38.8. The summed E-state index contributed by atoms with van der Waals surface area (Å²) >= 11 is 0. The summed E-state index contributed by atoms with van der Waals surface area (Å²) in [5.74, 6) is 0. The maximum Gasteiger partial charge on any atom is 3.00 e. The predicted molar refractivity (Wildman–Crippen MR) is 362 cm³/mol. The zero-order valence-electron chi connectivity index (χ0n) is 52.9. The first-order valence-electron chi connectivity index (χ1n) is 30.7. The summed E-state index contributed by atoms with van der Waals surface area (Å²) in [5.41, 5.74) is 16.7. The van der Waals surface area contributed by atoms with E-state index in [4.69, 9.17) is 42.9 Å². The number of nitrogens with zero attached hydrogens (tertiary/aromatic N) is 3. The molecule has 3 fully saturated rings. The third kappa shape index (κ3) is 11.0. The second-order valence-corrected chi connectivity index (χ2v) is 26.9. The van der Waals surface area contributed by atoms with Gasteiger partial charge >= 0.3 is 41.5 Å². The Labute approximate surface area is 543 Å². The number of hydrogen-bond acceptors (Lipinski definition) is 9. The molecule has 3 saturated heterocycles. The zero-order valence-corrected chi connectivity index (χ0v) is 55.3. The monoisotopic (exact) mass is 1360 g/mol. The Bertz CT molecular complexity index is 4340. The van der Waals surface area contributed by atoms with Crippen molar-refractivity contribution in [1.82, 2.24) is 15.0 Å². The van der Waals surface area contributed by atoms with Crippen LogP contribution < -0.4 is 16.4 Å². The molecule has 3 aliphatic rings. The van der Waals surface area contributed by atoms with E-state index in [2.05, 4.69) is 247 Å². The van der Waals surface area contributed by atoms with Gasteiger partial charge in [0, 0.05) is 18.6 Å². The summed E-state index contributed by atoms with van der Waals surface area (Å²) in [6.45, 7) is 24.9. The smallest absolute Gasteiger partial charge is 0.400 e. The van der Waals surface area contributed by atoms with Crippen LogP contribution in [0.4, 0.5) is 0 Å². The molecule has 0 N–H and O–H groups in total. The van der Waals surface area contributed by atoms with Crippen molar-refractivity contribution in [3.8, 4) is 89.3 Å². The van der Waals surface area contributed by atoms with Crippen molar-refractivity contribution in [2.24, 2.45) is 0 Å². The van der Waals surface area contributed by atoms with Gasteiger partial charge in [-0.3, -0.25) is 0 Å². The summed E-state index contributed by atoms with van der Waals surface area (Å²) in [4.78, 5) is 15.4. The van der Waals surface area contributed by atoms with Gasteiger partial charge in [-0.05, 0) is 190 Å². The summed E-state index contributed by atoms with van der Waals surface area (Å²) in [6, 6.07) is 74.2. The third-order valence-electron chi connectivity index (χ3n) is 19.5. The van der Waals surface area contributed by atoms with Crippen LogP contribution in [-0.4, -0.2) is 69.9 Å². The fourth-order valence-electron chi connectivity index (χ4n) is 12.2. The van der Waals surface area contributed by atoms with Crippen molar-refractivity contribution in [1.29, 1.82) is 0 Å². The van der Waals surface area contributed by atoms with Gasteiger partial charge < -0.3 is 42.9 Å². The molecular formula is C77H69B3IrN3O6. The molecule has 0 atom stereocenters. The van der Waals surface area contributed by atoms with Gasteiger partial charge in [-0.15, -0.1) is 99.6 Å². The van der Waals surface area contributed by atoms with E-state index in [-0.39, 0.29) is 20.1 Å². The van der Waals surface area contributed by atoms with Crippen molar-refractivity contribution >= 4 is 59.4 Å². The minimum absolute atomic E-state index is 0. The topological polar surface area (TPSA) is 94.1 Å². The Balaban J connectivity index is 0.00000743. The molecule has 14 rings (SSSR count). The first-order valence-corrected chi connectivity index (χ1v) is 30.7. The molecule has 0 radical (unpaired) electrons. The minimum atomic E-state index is -0.515. The van der Waals surface area contributed by atoms with Crippen molar-refractivity contribution in [2.45, 2.75) is 117 Å². The molecule has 90 heavy (non-hydrogen) atoms. The normalized spacial score (nSPS) is 17.7. The van der Waals surface area contributed by atoms with E-state index >= 15 is 0 Å². The Morgan fingerprint density at radius 2 is 0.700 bits per heavy atom. The summed E-state index contributed by atoms with van der Waals surface area (Å²) in [5, 5.41) is 2.94. The quantitative estimate of drug-likeness (QED) is 0.0713.